The third-order valence-corrected chi connectivity index (χ3v) is 4.95. The largest absolute Gasteiger partial charge is 0.376 e. The van der Waals surface area contributed by atoms with E-state index in [9.17, 15) is 0 Å². The lowest BCUT2D eigenvalue weighted by Crippen LogP contribution is -2.47. The van der Waals surface area contributed by atoms with Crippen molar-refractivity contribution in [3.05, 3.63) is 60.2 Å². The number of allylic oxidation sites excluding steroid dienone is 3. The van der Waals surface area contributed by atoms with Crippen LogP contribution in [0.3, 0.4) is 0 Å². The number of hydrogen-bond acceptors (Lipinski definition) is 1. The molecule has 0 amide bonds. The van der Waals surface area contributed by atoms with Gasteiger partial charge in [-0.1, -0.05) is 68.5 Å². The molecule has 1 fully saturated rings. The Morgan fingerprint density at radius 2 is 2.00 bits per heavy atom. The second-order valence-corrected chi connectivity index (χ2v) is 6.45. The summed E-state index contributed by atoms with van der Waals surface area (Å²) in [4.78, 5) is 0. The van der Waals surface area contributed by atoms with E-state index in [0.717, 1.165) is 0 Å². The lowest BCUT2D eigenvalue weighted by molar-refractivity contribution is -0.0933. The first-order valence-electron chi connectivity index (χ1n) is 7.39. The van der Waals surface area contributed by atoms with Crippen LogP contribution in [-0.2, 0) is 4.74 Å². The van der Waals surface area contributed by atoms with E-state index in [1.807, 2.05) is 13.2 Å². The third kappa shape index (κ3) is 2.73. The Hall–Kier alpha value is -1.34. The van der Waals surface area contributed by atoms with Crippen LogP contribution < -0.4 is 0 Å². The molecule has 0 aromatic heterocycles. The van der Waals surface area contributed by atoms with E-state index in [-0.39, 0.29) is 11.5 Å². The number of benzene rings is 1. The molecule has 0 bridgehead atoms. The highest BCUT2D eigenvalue weighted by Crippen LogP contribution is 2.57. The van der Waals surface area contributed by atoms with Gasteiger partial charge in [0.2, 0.25) is 0 Å². The van der Waals surface area contributed by atoms with E-state index in [2.05, 4.69) is 63.8 Å². The Bertz CT molecular complexity index is 484. The molecule has 1 aliphatic carbocycles. The summed E-state index contributed by atoms with van der Waals surface area (Å²) in [5.74, 6) is 1.18. The second-order valence-electron chi connectivity index (χ2n) is 6.45. The van der Waals surface area contributed by atoms with Gasteiger partial charge in [0, 0.05) is 7.11 Å². The minimum atomic E-state index is 0.194. The lowest BCUT2D eigenvalue weighted by atomic mass is 9.52. The molecule has 1 aromatic rings. The maximum Gasteiger partial charge on any atom is 0.0854 e. The van der Waals surface area contributed by atoms with Gasteiger partial charge in [0.15, 0.2) is 0 Å². The first kappa shape index (κ1) is 15.1. The van der Waals surface area contributed by atoms with Crippen molar-refractivity contribution in [3.63, 3.8) is 0 Å². The molecule has 1 heteroatoms. The quantitative estimate of drug-likeness (QED) is 0.671. The van der Waals surface area contributed by atoms with Gasteiger partial charge in [0.1, 0.15) is 0 Å². The minimum absolute atomic E-state index is 0.194. The normalized spacial score (nSPS) is 26.7. The van der Waals surface area contributed by atoms with Crippen LogP contribution >= 0.6 is 0 Å². The molecule has 3 atom stereocenters. The summed E-state index contributed by atoms with van der Waals surface area (Å²) in [5.41, 5.74) is 2.83. The van der Waals surface area contributed by atoms with E-state index in [1.165, 1.54) is 17.6 Å². The molecule has 0 spiro atoms. The molecule has 0 radical (unpaired) electrons. The highest BCUT2D eigenvalue weighted by atomic mass is 16.5. The maximum absolute atomic E-state index is 5.81. The molecule has 2 rings (SSSR count). The van der Waals surface area contributed by atoms with E-state index in [4.69, 9.17) is 4.74 Å². The van der Waals surface area contributed by atoms with Crippen molar-refractivity contribution >= 4 is 0 Å². The van der Waals surface area contributed by atoms with Gasteiger partial charge in [-0.25, -0.2) is 0 Å². The van der Waals surface area contributed by atoms with Crippen molar-refractivity contribution < 1.29 is 4.74 Å². The monoisotopic (exact) mass is 270 g/mol. The van der Waals surface area contributed by atoms with Gasteiger partial charge in [0.05, 0.1) is 6.10 Å². The van der Waals surface area contributed by atoms with E-state index in [1.54, 1.807) is 0 Å². The van der Waals surface area contributed by atoms with Gasteiger partial charge in [0.25, 0.3) is 0 Å². The summed E-state index contributed by atoms with van der Waals surface area (Å²) in [6, 6.07) is 10.6. The summed E-state index contributed by atoms with van der Waals surface area (Å²) < 4.78 is 5.81. The molecule has 1 saturated carbocycles. The van der Waals surface area contributed by atoms with Crippen molar-refractivity contribution in [1.82, 2.24) is 0 Å². The zero-order valence-corrected chi connectivity index (χ0v) is 13.1. The van der Waals surface area contributed by atoms with Crippen LogP contribution in [0, 0.1) is 17.3 Å². The molecule has 0 saturated heterocycles. The molecular weight excluding hydrogens is 244 g/mol. The maximum atomic E-state index is 5.81. The molecule has 0 N–H and O–H groups in total. The fourth-order valence-electron chi connectivity index (χ4n) is 3.35. The van der Waals surface area contributed by atoms with Gasteiger partial charge in [-0.15, -0.1) is 0 Å². The van der Waals surface area contributed by atoms with Gasteiger partial charge in [-0.05, 0) is 36.2 Å². The molecule has 20 heavy (non-hydrogen) atoms. The van der Waals surface area contributed by atoms with Crippen molar-refractivity contribution in [2.75, 3.05) is 7.11 Å². The van der Waals surface area contributed by atoms with Crippen LogP contribution in [0.15, 0.2) is 54.6 Å². The van der Waals surface area contributed by atoms with Gasteiger partial charge in [-0.2, -0.15) is 0 Å². The molecule has 3 unspecified atom stereocenters. The first-order valence-corrected chi connectivity index (χ1v) is 7.39. The molecule has 0 heterocycles. The standard InChI is InChI=1S/C19H26O/c1-6-14(2)12-16-13-17(19(16,3)4)18(20-5)15-10-8-7-9-11-15/h6-12,16-18H,1,13H2,2-5H3. The van der Waals surface area contributed by atoms with Crippen molar-refractivity contribution in [1.29, 1.82) is 0 Å². The van der Waals surface area contributed by atoms with Crippen molar-refractivity contribution in [2.24, 2.45) is 17.3 Å². The second kappa shape index (κ2) is 5.97. The highest BCUT2D eigenvalue weighted by molar-refractivity contribution is 5.24. The molecule has 1 aliphatic rings. The Labute approximate surface area is 123 Å². The Kier molecular flexibility index (Phi) is 4.49. The number of ether oxygens (including phenoxy) is 1. The predicted molar refractivity (Wildman–Crippen MR) is 85.5 cm³/mol. The van der Waals surface area contributed by atoms with E-state index < -0.39 is 0 Å². The third-order valence-electron chi connectivity index (χ3n) is 4.95. The predicted octanol–water partition coefficient (Wildman–Crippen LogP) is 5.17. The molecular formula is C19H26O. The van der Waals surface area contributed by atoms with Crippen LogP contribution in [0.2, 0.25) is 0 Å². The van der Waals surface area contributed by atoms with Crippen molar-refractivity contribution in [3.8, 4) is 0 Å². The lowest BCUT2D eigenvalue weighted by Gasteiger charge is -2.54. The first-order chi connectivity index (χ1) is 9.50. The molecule has 108 valence electrons. The summed E-state index contributed by atoms with van der Waals surface area (Å²) >= 11 is 0. The Morgan fingerprint density at radius 3 is 2.50 bits per heavy atom. The number of rotatable bonds is 5. The van der Waals surface area contributed by atoms with Gasteiger partial charge < -0.3 is 4.74 Å². The minimum Gasteiger partial charge on any atom is -0.376 e. The number of hydrogen-bond donors (Lipinski definition) is 0. The fraction of sp³-hybridized carbons (Fsp3) is 0.474. The Morgan fingerprint density at radius 1 is 1.35 bits per heavy atom. The zero-order valence-electron chi connectivity index (χ0n) is 13.1. The fourth-order valence-corrected chi connectivity index (χ4v) is 3.35. The summed E-state index contributed by atoms with van der Waals surface area (Å²) in [5, 5.41) is 0. The van der Waals surface area contributed by atoms with E-state index in [0.29, 0.717) is 11.8 Å². The van der Waals surface area contributed by atoms with Crippen LogP contribution in [-0.4, -0.2) is 7.11 Å². The summed E-state index contributed by atoms with van der Waals surface area (Å²) in [6.45, 7) is 10.7. The average molecular weight is 270 g/mol. The smallest absolute Gasteiger partial charge is 0.0854 e. The summed E-state index contributed by atoms with van der Waals surface area (Å²) in [6.07, 6.45) is 5.68. The van der Waals surface area contributed by atoms with Crippen LogP contribution in [0.4, 0.5) is 0 Å². The molecule has 1 aromatic carbocycles. The van der Waals surface area contributed by atoms with Crippen LogP contribution in [0.25, 0.3) is 0 Å². The average Bonchev–Trinajstić information content (AvgIpc) is 2.47. The molecule has 1 nitrogen and oxygen atoms in total. The van der Waals surface area contributed by atoms with Gasteiger partial charge in [-0.3, -0.25) is 0 Å². The highest BCUT2D eigenvalue weighted by Gasteiger charge is 2.50. The SMILES string of the molecule is C=CC(C)=CC1CC(C(OC)c2ccccc2)C1(C)C. The van der Waals surface area contributed by atoms with Gasteiger partial charge >= 0.3 is 0 Å². The van der Waals surface area contributed by atoms with Crippen molar-refractivity contribution in [2.45, 2.75) is 33.3 Å². The number of methoxy groups -OCH3 is 1. The van der Waals surface area contributed by atoms with E-state index >= 15 is 0 Å². The summed E-state index contributed by atoms with van der Waals surface area (Å²) in [7, 11) is 1.83. The topological polar surface area (TPSA) is 9.23 Å². The Balaban J connectivity index is 2.17. The van der Waals surface area contributed by atoms with Crippen LogP contribution in [0.1, 0.15) is 38.9 Å². The van der Waals surface area contributed by atoms with Crippen LogP contribution in [0.5, 0.6) is 0 Å². The molecule has 0 aliphatic heterocycles. The zero-order chi connectivity index (χ0) is 14.8.